The minimum Gasteiger partial charge on any atom is -0.314 e. The summed E-state index contributed by atoms with van der Waals surface area (Å²) in [5.74, 6) is 0. The van der Waals surface area contributed by atoms with Gasteiger partial charge in [-0.15, -0.1) is 0 Å². The smallest absolute Gasteiger partial charge is 0.0621 e. The van der Waals surface area contributed by atoms with E-state index in [-0.39, 0.29) is 0 Å². The van der Waals surface area contributed by atoms with E-state index in [1.165, 1.54) is 32.6 Å². The molecule has 0 bridgehead atoms. The lowest BCUT2D eigenvalue weighted by atomic mass is 10.2. The minimum absolute atomic E-state index is 0.675. The van der Waals surface area contributed by atoms with Crippen molar-refractivity contribution in [3.05, 3.63) is 0 Å². The molecule has 0 atom stereocenters. The Morgan fingerprint density at radius 3 is 1.60 bits per heavy atom. The van der Waals surface area contributed by atoms with Crippen LogP contribution in [0.25, 0.3) is 0 Å². The minimum atomic E-state index is 0.675. The van der Waals surface area contributed by atoms with E-state index < -0.39 is 0 Å². The van der Waals surface area contributed by atoms with Crippen molar-refractivity contribution in [2.75, 3.05) is 52.4 Å². The zero-order valence-electron chi connectivity index (χ0n) is 9.84. The third kappa shape index (κ3) is 2.91. The Morgan fingerprint density at radius 2 is 1.27 bits per heavy atom. The van der Waals surface area contributed by atoms with Crippen molar-refractivity contribution in [2.45, 2.75) is 19.5 Å². The fourth-order valence-electron chi connectivity index (χ4n) is 2.71. The van der Waals surface area contributed by atoms with E-state index in [0.29, 0.717) is 6.17 Å². The first-order valence-corrected chi connectivity index (χ1v) is 6.31. The predicted octanol–water partition coefficient (Wildman–Crippen LogP) is -0.467. The van der Waals surface area contributed by atoms with E-state index in [1.54, 1.807) is 0 Å². The first-order valence-electron chi connectivity index (χ1n) is 6.31. The van der Waals surface area contributed by atoms with E-state index in [0.717, 1.165) is 26.2 Å². The largest absolute Gasteiger partial charge is 0.314 e. The number of nitrogens with one attached hydrogen (secondary N) is 2. The lowest BCUT2D eigenvalue weighted by Crippen LogP contribution is -2.58. The van der Waals surface area contributed by atoms with Gasteiger partial charge in [-0.1, -0.05) is 6.92 Å². The van der Waals surface area contributed by atoms with Crippen LogP contribution < -0.4 is 10.6 Å². The van der Waals surface area contributed by atoms with Crippen molar-refractivity contribution in [1.29, 1.82) is 0 Å². The maximum Gasteiger partial charge on any atom is 0.0621 e. The molecule has 0 saturated carbocycles. The fourth-order valence-corrected chi connectivity index (χ4v) is 2.71. The van der Waals surface area contributed by atoms with Crippen LogP contribution in [0, 0.1) is 0 Å². The van der Waals surface area contributed by atoms with Gasteiger partial charge in [-0.2, -0.15) is 0 Å². The highest BCUT2D eigenvalue weighted by Gasteiger charge is 2.25. The Morgan fingerprint density at radius 1 is 0.867 bits per heavy atom. The number of hydrogen-bond donors (Lipinski definition) is 2. The van der Waals surface area contributed by atoms with Crippen molar-refractivity contribution in [1.82, 2.24) is 20.4 Å². The van der Waals surface area contributed by atoms with E-state index in [1.807, 2.05) is 0 Å². The van der Waals surface area contributed by atoms with Gasteiger partial charge < -0.3 is 10.6 Å². The van der Waals surface area contributed by atoms with Crippen LogP contribution in [0.1, 0.15) is 13.3 Å². The van der Waals surface area contributed by atoms with E-state index in [9.17, 15) is 0 Å². The summed E-state index contributed by atoms with van der Waals surface area (Å²) in [4.78, 5) is 5.28. The average molecular weight is 212 g/mol. The molecule has 0 aliphatic carbocycles. The molecule has 4 nitrogen and oxygen atoms in total. The summed E-state index contributed by atoms with van der Waals surface area (Å²) >= 11 is 0. The zero-order chi connectivity index (χ0) is 10.5. The second-order valence-corrected chi connectivity index (χ2v) is 4.46. The second kappa shape index (κ2) is 5.80. The van der Waals surface area contributed by atoms with Gasteiger partial charge in [0.25, 0.3) is 0 Å². The molecule has 15 heavy (non-hydrogen) atoms. The van der Waals surface area contributed by atoms with Crippen molar-refractivity contribution < 1.29 is 0 Å². The molecular weight excluding hydrogens is 188 g/mol. The molecule has 0 aromatic carbocycles. The van der Waals surface area contributed by atoms with Crippen LogP contribution in [0.5, 0.6) is 0 Å². The standard InChI is InChI=1S/C11H24N4/c1-2-11(14-7-3-12-4-8-14)15-9-5-13-6-10-15/h11-13H,2-10H2,1H3. The SMILES string of the molecule is CCC(N1CCNCC1)N1CCNCC1. The first kappa shape index (κ1) is 11.3. The fraction of sp³-hybridized carbons (Fsp3) is 1.00. The Labute approximate surface area is 93.0 Å². The summed E-state index contributed by atoms with van der Waals surface area (Å²) in [7, 11) is 0. The molecule has 0 amide bonds. The second-order valence-electron chi connectivity index (χ2n) is 4.46. The Kier molecular flexibility index (Phi) is 4.38. The van der Waals surface area contributed by atoms with Gasteiger partial charge in [-0.25, -0.2) is 0 Å². The quantitative estimate of drug-likeness (QED) is 0.662. The van der Waals surface area contributed by atoms with E-state index in [4.69, 9.17) is 0 Å². The Bertz CT molecular complexity index is 155. The molecule has 0 spiro atoms. The molecule has 2 fully saturated rings. The lowest BCUT2D eigenvalue weighted by Gasteiger charge is -2.43. The molecule has 4 heteroatoms. The molecular formula is C11H24N4. The van der Waals surface area contributed by atoms with Gasteiger partial charge in [0.2, 0.25) is 0 Å². The van der Waals surface area contributed by atoms with Crippen LogP contribution in [0.2, 0.25) is 0 Å². The van der Waals surface area contributed by atoms with Crippen LogP contribution in [-0.2, 0) is 0 Å². The van der Waals surface area contributed by atoms with Gasteiger partial charge in [0.1, 0.15) is 0 Å². The topological polar surface area (TPSA) is 30.5 Å². The maximum absolute atomic E-state index is 3.42. The van der Waals surface area contributed by atoms with Gasteiger partial charge in [0, 0.05) is 52.4 Å². The first-order chi connectivity index (χ1) is 7.42. The monoisotopic (exact) mass is 212 g/mol. The number of rotatable bonds is 3. The molecule has 2 aliphatic rings. The molecule has 0 radical (unpaired) electrons. The highest BCUT2D eigenvalue weighted by molar-refractivity contribution is 4.79. The van der Waals surface area contributed by atoms with Gasteiger partial charge in [-0.05, 0) is 6.42 Å². The Hall–Kier alpha value is -0.160. The van der Waals surface area contributed by atoms with E-state index >= 15 is 0 Å². The molecule has 88 valence electrons. The molecule has 2 aliphatic heterocycles. The maximum atomic E-state index is 3.42. The Balaban J connectivity index is 1.88. The third-order valence-electron chi connectivity index (χ3n) is 3.51. The molecule has 0 aromatic heterocycles. The molecule has 2 heterocycles. The van der Waals surface area contributed by atoms with Crippen LogP contribution in [0.15, 0.2) is 0 Å². The van der Waals surface area contributed by atoms with Crippen molar-refractivity contribution in [3.63, 3.8) is 0 Å². The third-order valence-corrected chi connectivity index (χ3v) is 3.51. The van der Waals surface area contributed by atoms with Crippen LogP contribution >= 0.6 is 0 Å². The number of nitrogens with zero attached hydrogens (tertiary/aromatic N) is 2. The summed E-state index contributed by atoms with van der Waals surface area (Å²) < 4.78 is 0. The number of hydrogen-bond acceptors (Lipinski definition) is 4. The molecule has 2 N–H and O–H groups in total. The number of piperazine rings is 2. The molecule has 2 saturated heterocycles. The lowest BCUT2D eigenvalue weighted by molar-refractivity contribution is 0.0233. The highest BCUT2D eigenvalue weighted by atomic mass is 15.4. The highest BCUT2D eigenvalue weighted by Crippen LogP contribution is 2.11. The van der Waals surface area contributed by atoms with E-state index in [2.05, 4.69) is 27.4 Å². The van der Waals surface area contributed by atoms with Crippen molar-refractivity contribution >= 4 is 0 Å². The summed E-state index contributed by atoms with van der Waals surface area (Å²) in [5, 5.41) is 6.85. The van der Waals surface area contributed by atoms with Gasteiger partial charge in [0.15, 0.2) is 0 Å². The molecule has 2 rings (SSSR count). The summed E-state index contributed by atoms with van der Waals surface area (Å²) in [6.07, 6.45) is 1.93. The van der Waals surface area contributed by atoms with Crippen molar-refractivity contribution in [3.8, 4) is 0 Å². The molecule has 0 aromatic rings. The zero-order valence-corrected chi connectivity index (χ0v) is 9.84. The van der Waals surface area contributed by atoms with Crippen LogP contribution in [-0.4, -0.2) is 68.3 Å². The van der Waals surface area contributed by atoms with Crippen LogP contribution in [0.4, 0.5) is 0 Å². The van der Waals surface area contributed by atoms with Gasteiger partial charge >= 0.3 is 0 Å². The van der Waals surface area contributed by atoms with Gasteiger partial charge in [-0.3, -0.25) is 9.80 Å². The van der Waals surface area contributed by atoms with Crippen molar-refractivity contribution in [2.24, 2.45) is 0 Å². The predicted molar refractivity (Wildman–Crippen MR) is 63.0 cm³/mol. The average Bonchev–Trinajstić information content (AvgIpc) is 2.33. The summed E-state index contributed by atoms with van der Waals surface area (Å²) in [6, 6.07) is 0. The molecule has 0 unspecified atom stereocenters. The van der Waals surface area contributed by atoms with Crippen LogP contribution in [0.3, 0.4) is 0 Å². The normalized spacial score (nSPS) is 26.0. The van der Waals surface area contributed by atoms with Gasteiger partial charge in [0.05, 0.1) is 6.17 Å². The summed E-state index contributed by atoms with van der Waals surface area (Å²) in [6.45, 7) is 11.8. The summed E-state index contributed by atoms with van der Waals surface area (Å²) in [5.41, 5.74) is 0.